The third-order valence-electron chi connectivity index (χ3n) is 7.41. The maximum absolute atomic E-state index is 12.7. The molecule has 0 bridgehead atoms. The van der Waals surface area contributed by atoms with Gasteiger partial charge in [-0.2, -0.15) is 0 Å². The van der Waals surface area contributed by atoms with Crippen LogP contribution in [0.4, 0.5) is 0 Å². The molecule has 0 saturated carbocycles. The van der Waals surface area contributed by atoms with E-state index < -0.39 is 5.60 Å². The molecule has 0 saturated heterocycles. The maximum Gasteiger partial charge on any atom is 0.142 e. The molecule has 0 amide bonds. The van der Waals surface area contributed by atoms with E-state index in [1.165, 1.54) is 27.8 Å². The minimum absolute atomic E-state index is 0.914. The molecule has 2 heteroatoms. The first kappa shape index (κ1) is 20.0. The summed E-state index contributed by atoms with van der Waals surface area (Å²) in [5, 5.41) is 12.7. The minimum atomic E-state index is -1.24. The zero-order valence-corrected chi connectivity index (χ0v) is 20.0. The predicted molar refractivity (Wildman–Crippen MR) is 142 cm³/mol. The van der Waals surface area contributed by atoms with Crippen LogP contribution in [0.15, 0.2) is 114 Å². The fraction of sp³-hybridized carbons (Fsp3) is 0.0625. The smallest absolute Gasteiger partial charge is 0.142 e. The van der Waals surface area contributed by atoms with E-state index in [1.54, 1.807) is 0 Å². The lowest BCUT2D eigenvalue weighted by atomic mass is 9.79. The Morgan fingerprint density at radius 1 is 0.500 bits per heavy atom. The molecule has 162 valence electrons. The molecule has 1 atom stereocenters. The van der Waals surface area contributed by atoms with Gasteiger partial charge in [0.15, 0.2) is 0 Å². The van der Waals surface area contributed by atoms with Gasteiger partial charge in [-0.15, -0.1) is 0 Å². The van der Waals surface area contributed by atoms with Crippen LogP contribution in [0.2, 0.25) is 0 Å². The van der Waals surface area contributed by atoms with E-state index in [-0.39, 0.29) is 0 Å². The van der Waals surface area contributed by atoms with Gasteiger partial charge in [-0.25, -0.2) is 0 Å². The first-order valence-corrected chi connectivity index (χ1v) is 12.4. The van der Waals surface area contributed by atoms with Crippen LogP contribution in [0.5, 0.6) is 0 Å². The third kappa shape index (κ3) is 2.58. The van der Waals surface area contributed by atoms with Gasteiger partial charge in [-0.05, 0) is 51.4 Å². The number of halogens is 1. The number of benzene rings is 5. The molecule has 1 nitrogen and oxygen atoms in total. The van der Waals surface area contributed by atoms with E-state index in [4.69, 9.17) is 0 Å². The average Bonchev–Trinajstić information content (AvgIpc) is 3.39. The fourth-order valence-electron chi connectivity index (χ4n) is 6.00. The Hall–Kier alpha value is -3.46. The van der Waals surface area contributed by atoms with Crippen molar-refractivity contribution < 1.29 is 5.11 Å². The second-order valence-electron chi connectivity index (χ2n) is 9.14. The Morgan fingerprint density at radius 3 is 1.88 bits per heavy atom. The van der Waals surface area contributed by atoms with Crippen molar-refractivity contribution in [1.82, 2.24) is 0 Å². The molecule has 1 N–H and O–H groups in total. The normalized spacial score (nSPS) is 17.1. The molecular formula is C32H21BrO. The molecule has 0 aromatic heterocycles. The molecule has 7 rings (SSSR count). The van der Waals surface area contributed by atoms with Crippen molar-refractivity contribution in [3.8, 4) is 33.4 Å². The van der Waals surface area contributed by atoms with Gasteiger partial charge < -0.3 is 5.11 Å². The van der Waals surface area contributed by atoms with Crippen molar-refractivity contribution in [2.45, 2.75) is 12.0 Å². The Morgan fingerprint density at radius 2 is 1.06 bits per heavy atom. The molecule has 0 heterocycles. The summed E-state index contributed by atoms with van der Waals surface area (Å²) < 4.78 is 1.00. The minimum Gasteiger partial charge on any atom is -0.376 e. The van der Waals surface area contributed by atoms with Crippen LogP contribution >= 0.6 is 15.9 Å². The van der Waals surface area contributed by atoms with Crippen LogP contribution in [0.25, 0.3) is 33.4 Å². The molecule has 0 fully saturated rings. The van der Waals surface area contributed by atoms with Crippen LogP contribution in [-0.2, 0) is 12.0 Å². The number of hydrogen-bond donors (Lipinski definition) is 1. The summed E-state index contributed by atoms with van der Waals surface area (Å²) in [6, 6.07) is 37.9. The van der Waals surface area contributed by atoms with E-state index >= 15 is 0 Å². The van der Waals surface area contributed by atoms with Gasteiger partial charge in [0.05, 0.1) is 0 Å². The molecule has 34 heavy (non-hydrogen) atoms. The van der Waals surface area contributed by atoms with E-state index in [1.807, 2.05) is 30.3 Å². The zero-order chi connectivity index (χ0) is 22.9. The first-order chi connectivity index (χ1) is 16.7. The molecule has 0 aliphatic heterocycles. The number of hydrogen-bond acceptors (Lipinski definition) is 1. The van der Waals surface area contributed by atoms with Gasteiger partial charge >= 0.3 is 0 Å². The van der Waals surface area contributed by atoms with Crippen LogP contribution < -0.4 is 0 Å². The second kappa shape index (κ2) is 7.27. The van der Waals surface area contributed by atoms with Crippen LogP contribution in [0.1, 0.15) is 27.8 Å². The van der Waals surface area contributed by atoms with E-state index in [9.17, 15) is 5.11 Å². The first-order valence-electron chi connectivity index (χ1n) is 11.6. The van der Waals surface area contributed by atoms with Crippen molar-refractivity contribution in [1.29, 1.82) is 0 Å². The monoisotopic (exact) mass is 500 g/mol. The largest absolute Gasteiger partial charge is 0.376 e. The van der Waals surface area contributed by atoms with Crippen LogP contribution in [-0.4, -0.2) is 5.11 Å². The van der Waals surface area contributed by atoms with Crippen LogP contribution in [0.3, 0.4) is 0 Å². The van der Waals surface area contributed by atoms with E-state index in [0.29, 0.717) is 0 Å². The SMILES string of the molecule is OC1(c2ccccc2-c2cccc3c2-c2ccccc2C3)c2ccccc2-c2c(Br)cccc21. The maximum atomic E-state index is 12.7. The molecule has 0 radical (unpaired) electrons. The second-order valence-corrected chi connectivity index (χ2v) is 9.99. The van der Waals surface area contributed by atoms with Gasteiger partial charge in [0.1, 0.15) is 5.60 Å². The topological polar surface area (TPSA) is 20.2 Å². The number of aliphatic hydroxyl groups is 1. The molecular weight excluding hydrogens is 480 g/mol. The Kier molecular flexibility index (Phi) is 4.27. The highest BCUT2D eigenvalue weighted by molar-refractivity contribution is 9.10. The summed E-state index contributed by atoms with van der Waals surface area (Å²) in [5.74, 6) is 0. The average molecular weight is 501 g/mol. The van der Waals surface area contributed by atoms with Crippen molar-refractivity contribution in [2.24, 2.45) is 0 Å². The number of fused-ring (bicyclic) bond motifs is 6. The number of rotatable bonds is 2. The summed E-state index contributed by atoms with van der Waals surface area (Å²) in [6.45, 7) is 0. The van der Waals surface area contributed by atoms with Crippen molar-refractivity contribution in [3.05, 3.63) is 141 Å². The van der Waals surface area contributed by atoms with Crippen LogP contribution in [0, 0.1) is 0 Å². The quantitative estimate of drug-likeness (QED) is 0.255. The predicted octanol–water partition coefficient (Wildman–Crippen LogP) is 7.95. The van der Waals surface area contributed by atoms with Crippen molar-refractivity contribution in [2.75, 3.05) is 0 Å². The molecule has 2 aliphatic carbocycles. The van der Waals surface area contributed by atoms with Gasteiger partial charge in [0.2, 0.25) is 0 Å². The van der Waals surface area contributed by atoms with Gasteiger partial charge in [-0.3, -0.25) is 0 Å². The van der Waals surface area contributed by atoms with Crippen molar-refractivity contribution in [3.63, 3.8) is 0 Å². The summed E-state index contributed by atoms with van der Waals surface area (Å²) in [6.07, 6.45) is 0.949. The summed E-state index contributed by atoms with van der Waals surface area (Å²) >= 11 is 3.75. The molecule has 1 unspecified atom stereocenters. The summed E-state index contributed by atoms with van der Waals surface area (Å²) in [4.78, 5) is 0. The molecule has 2 aliphatic rings. The highest BCUT2D eigenvalue weighted by Crippen LogP contribution is 2.55. The van der Waals surface area contributed by atoms with Gasteiger partial charge in [0, 0.05) is 26.7 Å². The van der Waals surface area contributed by atoms with Gasteiger partial charge in [-0.1, -0.05) is 119 Å². The third-order valence-corrected chi connectivity index (χ3v) is 8.08. The lowest BCUT2D eigenvalue weighted by molar-refractivity contribution is 0.131. The fourth-order valence-corrected chi connectivity index (χ4v) is 6.58. The van der Waals surface area contributed by atoms with Crippen molar-refractivity contribution >= 4 is 15.9 Å². The van der Waals surface area contributed by atoms with E-state index in [0.717, 1.165) is 44.3 Å². The lowest BCUT2D eigenvalue weighted by Crippen LogP contribution is -2.27. The van der Waals surface area contributed by atoms with Gasteiger partial charge in [0.25, 0.3) is 0 Å². The Bertz CT molecular complexity index is 1620. The summed E-state index contributed by atoms with van der Waals surface area (Å²) in [7, 11) is 0. The summed E-state index contributed by atoms with van der Waals surface area (Å²) in [5.41, 5.74) is 11.2. The lowest BCUT2D eigenvalue weighted by Gasteiger charge is -2.29. The Labute approximate surface area is 207 Å². The Balaban J connectivity index is 1.54. The molecule has 5 aromatic rings. The molecule has 0 spiro atoms. The highest BCUT2D eigenvalue weighted by Gasteiger charge is 2.45. The standard InChI is InChI=1S/C32H21BrO/c33-29-18-8-17-28-31(29)25-13-4-6-16-27(25)32(28,34)26-15-5-3-12-23(26)24-14-7-10-21-19-20-9-1-2-11-22(20)30(21)24/h1-18,34H,19H2. The zero-order valence-electron chi connectivity index (χ0n) is 18.4. The van der Waals surface area contributed by atoms with E-state index in [2.05, 4.69) is 94.8 Å². The highest BCUT2D eigenvalue weighted by atomic mass is 79.9. The molecule has 5 aromatic carbocycles.